The molecule has 0 aromatic carbocycles. The summed E-state index contributed by atoms with van der Waals surface area (Å²) in [6.45, 7) is 7.78. The molecule has 1 fully saturated rings. The lowest BCUT2D eigenvalue weighted by Crippen LogP contribution is -2.25. The molecule has 0 spiro atoms. The molecule has 2 heteroatoms. The Labute approximate surface area is 67.9 Å². The molecule has 0 heterocycles. The van der Waals surface area contributed by atoms with E-state index in [9.17, 15) is 4.79 Å². The lowest BCUT2D eigenvalue weighted by atomic mass is 10.2. The highest BCUT2D eigenvalue weighted by molar-refractivity contribution is 5.75. The summed E-state index contributed by atoms with van der Waals surface area (Å²) in [6.07, 6.45) is 1.01. The SMILES string of the molecule is CC1C[C@H]1C(=O)OC(C)(C)C. The molecule has 0 aliphatic heterocycles. The van der Waals surface area contributed by atoms with Gasteiger partial charge in [-0.3, -0.25) is 4.79 Å². The van der Waals surface area contributed by atoms with Crippen LogP contribution in [-0.4, -0.2) is 11.6 Å². The van der Waals surface area contributed by atoms with Crippen LogP contribution in [0.2, 0.25) is 0 Å². The highest BCUT2D eigenvalue weighted by Crippen LogP contribution is 2.39. The zero-order chi connectivity index (χ0) is 8.65. The Kier molecular flexibility index (Phi) is 1.95. The number of hydrogen-bond acceptors (Lipinski definition) is 2. The molecule has 0 aromatic rings. The van der Waals surface area contributed by atoms with Gasteiger partial charge in [-0.2, -0.15) is 0 Å². The Balaban J connectivity index is 2.33. The minimum absolute atomic E-state index is 0.0231. The summed E-state index contributed by atoms with van der Waals surface area (Å²) < 4.78 is 5.19. The van der Waals surface area contributed by atoms with Crippen molar-refractivity contribution in [1.82, 2.24) is 0 Å². The molecular formula is C9H16O2. The quantitative estimate of drug-likeness (QED) is 0.543. The van der Waals surface area contributed by atoms with Gasteiger partial charge in [0.2, 0.25) is 0 Å². The average molecular weight is 156 g/mol. The molecule has 0 bridgehead atoms. The molecule has 0 N–H and O–H groups in total. The van der Waals surface area contributed by atoms with Gasteiger partial charge >= 0.3 is 5.97 Å². The van der Waals surface area contributed by atoms with Crippen molar-refractivity contribution in [2.45, 2.75) is 39.7 Å². The van der Waals surface area contributed by atoms with E-state index in [2.05, 4.69) is 6.92 Å². The van der Waals surface area contributed by atoms with E-state index >= 15 is 0 Å². The maximum Gasteiger partial charge on any atom is 0.309 e. The molecular weight excluding hydrogens is 140 g/mol. The van der Waals surface area contributed by atoms with Crippen molar-refractivity contribution in [3.05, 3.63) is 0 Å². The largest absolute Gasteiger partial charge is 0.460 e. The first kappa shape index (κ1) is 8.57. The van der Waals surface area contributed by atoms with E-state index in [4.69, 9.17) is 4.74 Å². The number of rotatable bonds is 1. The molecule has 11 heavy (non-hydrogen) atoms. The molecule has 64 valence electrons. The van der Waals surface area contributed by atoms with Gasteiger partial charge < -0.3 is 4.74 Å². The third-order valence-electron chi connectivity index (χ3n) is 1.82. The van der Waals surface area contributed by atoms with E-state index in [1.807, 2.05) is 20.8 Å². The fraction of sp³-hybridized carbons (Fsp3) is 0.889. The molecule has 1 saturated carbocycles. The molecule has 0 amide bonds. The van der Waals surface area contributed by atoms with Gasteiger partial charge in [-0.1, -0.05) is 6.92 Å². The summed E-state index contributed by atoms with van der Waals surface area (Å²) in [6, 6.07) is 0. The number of ether oxygens (including phenoxy) is 1. The molecule has 1 aliphatic rings. The third-order valence-corrected chi connectivity index (χ3v) is 1.82. The molecule has 0 radical (unpaired) electrons. The first-order chi connectivity index (χ1) is 4.90. The van der Waals surface area contributed by atoms with E-state index in [0.29, 0.717) is 5.92 Å². The maximum absolute atomic E-state index is 11.2. The van der Waals surface area contributed by atoms with Crippen molar-refractivity contribution in [3.63, 3.8) is 0 Å². The van der Waals surface area contributed by atoms with Gasteiger partial charge in [0, 0.05) is 0 Å². The van der Waals surface area contributed by atoms with E-state index in [0.717, 1.165) is 6.42 Å². The Morgan fingerprint density at radius 1 is 1.45 bits per heavy atom. The van der Waals surface area contributed by atoms with Gasteiger partial charge in [-0.15, -0.1) is 0 Å². The first-order valence-corrected chi connectivity index (χ1v) is 4.13. The zero-order valence-electron chi connectivity index (χ0n) is 7.68. The van der Waals surface area contributed by atoms with Crippen LogP contribution in [0.4, 0.5) is 0 Å². The van der Waals surface area contributed by atoms with Crippen LogP contribution < -0.4 is 0 Å². The van der Waals surface area contributed by atoms with Crippen LogP contribution >= 0.6 is 0 Å². The van der Waals surface area contributed by atoms with Gasteiger partial charge in [0.15, 0.2) is 0 Å². The highest BCUT2D eigenvalue weighted by atomic mass is 16.6. The number of carbonyl (C=O) groups excluding carboxylic acids is 1. The van der Waals surface area contributed by atoms with Crippen LogP contribution in [0.25, 0.3) is 0 Å². The monoisotopic (exact) mass is 156 g/mol. The molecule has 2 atom stereocenters. The fourth-order valence-corrected chi connectivity index (χ4v) is 1.03. The van der Waals surface area contributed by atoms with Crippen LogP contribution in [0.5, 0.6) is 0 Å². The van der Waals surface area contributed by atoms with E-state index in [1.165, 1.54) is 0 Å². The van der Waals surface area contributed by atoms with Gasteiger partial charge in [-0.25, -0.2) is 0 Å². The molecule has 0 saturated heterocycles. The number of carbonyl (C=O) groups is 1. The summed E-state index contributed by atoms with van der Waals surface area (Å²) in [5.74, 6) is 0.712. The highest BCUT2D eigenvalue weighted by Gasteiger charge is 2.41. The summed E-state index contributed by atoms with van der Waals surface area (Å²) in [7, 11) is 0. The maximum atomic E-state index is 11.2. The van der Waals surface area contributed by atoms with Crippen LogP contribution in [-0.2, 0) is 9.53 Å². The minimum atomic E-state index is -0.320. The van der Waals surface area contributed by atoms with Crippen LogP contribution in [0, 0.1) is 11.8 Å². The topological polar surface area (TPSA) is 26.3 Å². The van der Waals surface area contributed by atoms with Crippen molar-refractivity contribution in [1.29, 1.82) is 0 Å². The smallest absolute Gasteiger partial charge is 0.309 e. The van der Waals surface area contributed by atoms with Crippen molar-refractivity contribution < 1.29 is 9.53 Å². The van der Waals surface area contributed by atoms with E-state index in [1.54, 1.807) is 0 Å². The second kappa shape index (κ2) is 2.50. The average Bonchev–Trinajstić information content (AvgIpc) is 2.41. The first-order valence-electron chi connectivity index (χ1n) is 4.13. The number of hydrogen-bond donors (Lipinski definition) is 0. The van der Waals surface area contributed by atoms with Crippen LogP contribution in [0.15, 0.2) is 0 Å². The second-order valence-corrected chi connectivity index (χ2v) is 4.35. The van der Waals surface area contributed by atoms with Crippen LogP contribution in [0.3, 0.4) is 0 Å². The Hall–Kier alpha value is -0.530. The summed E-state index contributed by atoms with van der Waals surface area (Å²) in [4.78, 5) is 11.2. The van der Waals surface area contributed by atoms with Crippen molar-refractivity contribution in [3.8, 4) is 0 Å². The Morgan fingerprint density at radius 3 is 2.18 bits per heavy atom. The standard InChI is InChI=1S/C9H16O2/c1-6-5-7(6)8(10)11-9(2,3)4/h6-7H,5H2,1-4H3/t6?,7-/m1/s1. The van der Waals surface area contributed by atoms with Crippen LogP contribution in [0.1, 0.15) is 34.1 Å². The lowest BCUT2D eigenvalue weighted by Gasteiger charge is -2.19. The van der Waals surface area contributed by atoms with E-state index < -0.39 is 0 Å². The predicted octanol–water partition coefficient (Wildman–Crippen LogP) is 1.98. The third kappa shape index (κ3) is 2.52. The fourth-order valence-electron chi connectivity index (χ4n) is 1.03. The molecule has 1 unspecified atom stereocenters. The summed E-state index contributed by atoms with van der Waals surface area (Å²) in [5.41, 5.74) is -0.320. The van der Waals surface area contributed by atoms with Gasteiger partial charge in [-0.05, 0) is 33.1 Å². The molecule has 0 aromatic heterocycles. The van der Waals surface area contributed by atoms with Crippen molar-refractivity contribution >= 4 is 5.97 Å². The van der Waals surface area contributed by atoms with Gasteiger partial charge in [0.1, 0.15) is 5.60 Å². The van der Waals surface area contributed by atoms with Crippen molar-refractivity contribution in [2.24, 2.45) is 11.8 Å². The Bertz CT molecular complexity index is 167. The van der Waals surface area contributed by atoms with Gasteiger partial charge in [0.25, 0.3) is 0 Å². The zero-order valence-corrected chi connectivity index (χ0v) is 7.68. The summed E-state index contributed by atoms with van der Waals surface area (Å²) >= 11 is 0. The van der Waals surface area contributed by atoms with E-state index in [-0.39, 0.29) is 17.5 Å². The molecule has 1 rings (SSSR count). The Morgan fingerprint density at radius 2 is 1.91 bits per heavy atom. The number of esters is 1. The minimum Gasteiger partial charge on any atom is -0.460 e. The van der Waals surface area contributed by atoms with Crippen molar-refractivity contribution in [2.75, 3.05) is 0 Å². The second-order valence-electron chi connectivity index (χ2n) is 4.35. The molecule has 2 nitrogen and oxygen atoms in total. The normalized spacial score (nSPS) is 29.8. The molecule has 1 aliphatic carbocycles. The van der Waals surface area contributed by atoms with Gasteiger partial charge in [0.05, 0.1) is 5.92 Å². The summed E-state index contributed by atoms with van der Waals surface area (Å²) in [5, 5.41) is 0. The predicted molar refractivity (Wildman–Crippen MR) is 43.1 cm³/mol. The lowest BCUT2D eigenvalue weighted by molar-refractivity contribution is -0.156.